The first-order chi connectivity index (χ1) is 9.44. The van der Waals surface area contributed by atoms with Crippen molar-refractivity contribution in [1.29, 1.82) is 0 Å². The minimum Gasteiger partial charge on any atom is -0.299 e. The fourth-order valence-corrected chi connectivity index (χ4v) is 2.61. The van der Waals surface area contributed by atoms with Crippen molar-refractivity contribution < 1.29 is 13.0 Å². The molecule has 0 aliphatic rings. The Bertz CT molecular complexity index is 526. The fraction of sp³-hybridized carbons (Fsp3) is 0.467. The van der Waals surface area contributed by atoms with E-state index in [1.807, 2.05) is 18.2 Å². The van der Waals surface area contributed by atoms with Gasteiger partial charge in [-0.15, -0.1) is 0 Å². The van der Waals surface area contributed by atoms with Crippen molar-refractivity contribution in [3.8, 4) is 0 Å². The summed E-state index contributed by atoms with van der Waals surface area (Å²) in [5, 5.41) is 0. The molecule has 0 aromatic heterocycles. The van der Waals surface area contributed by atoms with Crippen molar-refractivity contribution in [3.05, 3.63) is 42.0 Å². The van der Waals surface area contributed by atoms with Gasteiger partial charge < -0.3 is 0 Å². The van der Waals surface area contributed by atoms with Gasteiger partial charge in [0.1, 0.15) is 0 Å². The maximum atomic E-state index is 10.6. The first-order valence-corrected chi connectivity index (χ1v) is 8.44. The lowest BCUT2D eigenvalue weighted by atomic mass is 10.1. The smallest absolute Gasteiger partial charge is 0.264 e. The topological polar surface area (TPSA) is 57.6 Å². The highest BCUT2D eigenvalue weighted by Crippen LogP contribution is 2.10. The van der Waals surface area contributed by atoms with Gasteiger partial charge in [-0.1, -0.05) is 43.8 Å². The third kappa shape index (κ3) is 6.84. The van der Waals surface area contributed by atoms with Gasteiger partial charge in [0.25, 0.3) is 10.1 Å². The summed E-state index contributed by atoms with van der Waals surface area (Å²) >= 11 is 0. The molecule has 1 N–H and O–H groups in total. The van der Waals surface area contributed by atoms with Crippen molar-refractivity contribution in [3.63, 3.8) is 0 Å². The summed E-state index contributed by atoms with van der Waals surface area (Å²) in [5.74, 6) is -0.156. The first kappa shape index (κ1) is 16.9. The Morgan fingerprint density at radius 3 is 2.70 bits per heavy atom. The Kier molecular flexibility index (Phi) is 6.91. The van der Waals surface area contributed by atoms with Crippen LogP contribution in [-0.4, -0.2) is 36.7 Å². The van der Waals surface area contributed by atoms with Gasteiger partial charge in [-0.3, -0.25) is 9.45 Å². The highest BCUT2D eigenvalue weighted by atomic mass is 32.2. The molecule has 0 heterocycles. The fourth-order valence-electron chi connectivity index (χ4n) is 2.05. The van der Waals surface area contributed by atoms with E-state index in [1.54, 1.807) is 0 Å². The molecule has 1 rings (SSSR count). The van der Waals surface area contributed by atoms with E-state index in [0.717, 1.165) is 31.6 Å². The van der Waals surface area contributed by atoms with E-state index in [9.17, 15) is 8.42 Å². The van der Waals surface area contributed by atoms with Gasteiger partial charge >= 0.3 is 0 Å². The summed E-state index contributed by atoms with van der Waals surface area (Å²) < 4.78 is 30.0. The van der Waals surface area contributed by atoms with Crippen LogP contribution in [0.2, 0.25) is 0 Å². The van der Waals surface area contributed by atoms with Crippen molar-refractivity contribution in [2.24, 2.45) is 0 Å². The zero-order valence-corrected chi connectivity index (χ0v) is 12.8. The van der Waals surface area contributed by atoms with Crippen molar-refractivity contribution >= 4 is 16.2 Å². The number of benzene rings is 1. The van der Waals surface area contributed by atoms with E-state index in [4.69, 9.17) is 4.55 Å². The zero-order chi connectivity index (χ0) is 15.0. The molecular formula is C15H23NO3S. The number of unbranched alkanes of at least 4 members (excludes halogenated alkanes) is 1. The van der Waals surface area contributed by atoms with Crippen LogP contribution in [0.25, 0.3) is 6.08 Å². The minimum atomic E-state index is -3.83. The minimum absolute atomic E-state index is 0.156. The second-order valence-corrected chi connectivity index (χ2v) is 6.38. The van der Waals surface area contributed by atoms with Gasteiger partial charge in [0.05, 0.1) is 5.75 Å². The molecule has 5 heteroatoms. The molecule has 112 valence electrons. The van der Waals surface area contributed by atoms with Crippen molar-refractivity contribution in [1.82, 2.24) is 4.90 Å². The molecule has 0 aliphatic heterocycles. The van der Waals surface area contributed by atoms with Gasteiger partial charge in [-0.25, -0.2) is 0 Å². The van der Waals surface area contributed by atoms with Gasteiger partial charge in [0.15, 0.2) is 0 Å². The molecule has 0 fully saturated rings. The molecule has 0 amide bonds. The third-order valence-corrected chi connectivity index (χ3v) is 3.97. The van der Waals surface area contributed by atoms with Gasteiger partial charge in [0.2, 0.25) is 0 Å². The van der Waals surface area contributed by atoms with Gasteiger partial charge in [-0.2, -0.15) is 8.42 Å². The molecule has 0 spiro atoms. The molecule has 0 aliphatic carbocycles. The van der Waals surface area contributed by atoms with Crippen LogP contribution in [0.4, 0.5) is 0 Å². The Morgan fingerprint density at radius 2 is 2.10 bits per heavy atom. The van der Waals surface area contributed by atoms with E-state index in [-0.39, 0.29) is 5.75 Å². The quantitative estimate of drug-likeness (QED) is 0.562. The molecule has 0 unspecified atom stereocenters. The Balaban J connectivity index is 2.44. The lowest BCUT2D eigenvalue weighted by Crippen LogP contribution is -2.24. The van der Waals surface area contributed by atoms with Crippen LogP contribution in [0.5, 0.6) is 0 Å². The van der Waals surface area contributed by atoms with Crippen LogP contribution < -0.4 is 0 Å². The standard InChI is InChI=1S/C15H23NO3S/c1-3-14-8-7-9-15(12-14)13-16(4-2)10-5-6-11-20(17,18)19/h3,7-9,12H,1,4-6,10-11,13H2,2H3,(H,17,18,19). The largest absolute Gasteiger partial charge is 0.299 e. The number of hydrogen-bond acceptors (Lipinski definition) is 3. The zero-order valence-electron chi connectivity index (χ0n) is 12.0. The van der Waals surface area contributed by atoms with Crippen LogP contribution in [0.1, 0.15) is 30.9 Å². The summed E-state index contributed by atoms with van der Waals surface area (Å²) in [6.07, 6.45) is 3.07. The molecule has 0 saturated heterocycles. The summed E-state index contributed by atoms with van der Waals surface area (Å²) in [6, 6.07) is 8.21. The maximum absolute atomic E-state index is 10.6. The summed E-state index contributed by atoms with van der Waals surface area (Å²) in [7, 11) is -3.83. The molecule has 0 atom stereocenters. The van der Waals surface area contributed by atoms with Crippen LogP contribution >= 0.6 is 0 Å². The van der Waals surface area contributed by atoms with Crippen LogP contribution in [0.3, 0.4) is 0 Å². The number of nitrogens with zero attached hydrogens (tertiary/aromatic N) is 1. The van der Waals surface area contributed by atoms with E-state index in [1.165, 1.54) is 5.56 Å². The van der Waals surface area contributed by atoms with Crippen LogP contribution in [-0.2, 0) is 16.7 Å². The maximum Gasteiger partial charge on any atom is 0.264 e. The molecule has 0 radical (unpaired) electrons. The number of rotatable bonds is 9. The normalized spacial score (nSPS) is 11.8. The highest BCUT2D eigenvalue weighted by molar-refractivity contribution is 7.85. The predicted octanol–water partition coefficient (Wildman–Crippen LogP) is 2.82. The SMILES string of the molecule is C=Cc1cccc(CN(CC)CCCCS(=O)(=O)O)c1. The average molecular weight is 297 g/mol. The summed E-state index contributed by atoms with van der Waals surface area (Å²) in [4.78, 5) is 2.26. The Morgan fingerprint density at radius 1 is 1.35 bits per heavy atom. The molecule has 1 aromatic rings. The van der Waals surface area contributed by atoms with Crippen LogP contribution in [0.15, 0.2) is 30.8 Å². The van der Waals surface area contributed by atoms with Crippen molar-refractivity contribution in [2.75, 3.05) is 18.8 Å². The van der Waals surface area contributed by atoms with Crippen molar-refractivity contribution in [2.45, 2.75) is 26.3 Å². The van der Waals surface area contributed by atoms with Crippen LogP contribution in [0, 0.1) is 0 Å². The molecule has 0 bridgehead atoms. The predicted molar refractivity (Wildman–Crippen MR) is 83.1 cm³/mol. The van der Waals surface area contributed by atoms with E-state index < -0.39 is 10.1 Å². The Labute approximate surface area is 121 Å². The highest BCUT2D eigenvalue weighted by Gasteiger charge is 2.07. The summed E-state index contributed by atoms with van der Waals surface area (Å²) in [5.41, 5.74) is 2.32. The Hall–Kier alpha value is -1.17. The third-order valence-electron chi connectivity index (χ3n) is 3.17. The monoisotopic (exact) mass is 297 g/mol. The van der Waals surface area contributed by atoms with E-state index in [0.29, 0.717) is 6.42 Å². The second kappa shape index (κ2) is 8.19. The lowest BCUT2D eigenvalue weighted by Gasteiger charge is -2.20. The number of hydrogen-bond donors (Lipinski definition) is 1. The van der Waals surface area contributed by atoms with E-state index in [2.05, 4.69) is 30.5 Å². The van der Waals surface area contributed by atoms with Gasteiger partial charge in [-0.05, 0) is 37.1 Å². The molecular weight excluding hydrogens is 274 g/mol. The molecule has 0 saturated carbocycles. The first-order valence-electron chi connectivity index (χ1n) is 6.83. The second-order valence-electron chi connectivity index (χ2n) is 4.81. The average Bonchev–Trinajstić information content (AvgIpc) is 2.41. The van der Waals surface area contributed by atoms with Gasteiger partial charge in [0, 0.05) is 6.54 Å². The lowest BCUT2D eigenvalue weighted by molar-refractivity contribution is 0.275. The molecule has 20 heavy (non-hydrogen) atoms. The summed E-state index contributed by atoms with van der Waals surface area (Å²) in [6.45, 7) is 8.41. The van der Waals surface area contributed by atoms with E-state index >= 15 is 0 Å². The molecule has 1 aromatic carbocycles. The molecule has 4 nitrogen and oxygen atoms in total.